The van der Waals surface area contributed by atoms with E-state index in [1.165, 1.54) is 38.5 Å². The van der Waals surface area contributed by atoms with Gasteiger partial charge in [0.05, 0.1) is 0 Å². The zero-order valence-electron chi connectivity index (χ0n) is 13.0. The van der Waals surface area contributed by atoms with E-state index in [9.17, 15) is 9.59 Å². The van der Waals surface area contributed by atoms with E-state index >= 15 is 0 Å². The van der Waals surface area contributed by atoms with E-state index in [2.05, 4.69) is 6.92 Å². The van der Waals surface area contributed by atoms with Crippen LogP contribution < -0.4 is 5.73 Å². The maximum atomic E-state index is 11.3. The van der Waals surface area contributed by atoms with Gasteiger partial charge in [-0.1, -0.05) is 58.3 Å². The summed E-state index contributed by atoms with van der Waals surface area (Å²) in [5.41, 5.74) is 5.23. The van der Waals surface area contributed by atoms with Crippen molar-refractivity contribution in [2.24, 2.45) is 5.73 Å². The van der Waals surface area contributed by atoms with Crippen molar-refractivity contribution in [2.75, 3.05) is 6.61 Å². The van der Waals surface area contributed by atoms with Gasteiger partial charge in [0.1, 0.15) is 12.6 Å². The highest BCUT2D eigenvalue weighted by molar-refractivity contribution is 5.85. The Bertz CT molecular complexity index is 274. The van der Waals surface area contributed by atoms with Crippen LogP contribution in [0.5, 0.6) is 0 Å². The first-order valence-electron chi connectivity index (χ1n) is 7.72. The summed E-state index contributed by atoms with van der Waals surface area (Å²) in [7, 11) is 0. The van der Waals surface area contributed by atoms with Crippen molar-refractivity contribution < 1.29 is 19.4 Å². The van der Waals surface area contributed by atoms with Gasteiger partial charge in [-0.05, 0) is 6.42 Å². The molecule has 0 spiro atoms. The lowest BCUT2D eigenvalue weighted by molar-refractivity contribution is -0.147. The minimum absolute atomic E-state index is 0. The molecule has 3 N–H and O–H groups in total. The molecule has 0 aliphatic carbocycles. The summed E-state index contributed by atoms with van der Waals surface area (Å²) in [6.45, 7) is 1.97. The average Bonchev–Trinajstić information content (AvgIpc) is 2.42. The Balaban J connectivity index is 0. The molecule has 0 aromatic rings. The molecule has 0 fully saturated rings. The molecule has 126 valence electrons. The monoisotopic (exact) mass is 323 g/mol. The summed E-state index contributed by atoms with van der Waals surface area (Å²) in [5.74, 6) is -1.51. The number of carboxylic acid groups (broad SMARTS) is 1. The van der Waals surface area contributed by atoms with E-state index in [0.717, 1.165) is 19.3 Å². The number of carbonyl (C=O) groups is 2. The van der Waals surface area contributed by atoms with E-state index in [1.807, 2.05) is 0 Å². The zero-order valence-corrected chi connectivity index (χ0v) is 13.8. The predicted octanol–water partition coefficient (Wildman–Crippen LogP) is 3.28. The summed E-state index contributed by atoms with van der Waals surface area (Å²) >= 11 is 0. The first-order chi connectivity index (χ1) is 9.57. The first kappa shape index (κ1) is 22.5. The number of aliphatic carboxylic acids is 1. The molecule has 0 bridgehead atoms. The van der Waals surface area contributed by atoms with Crippen LogP contribution in [0.1, 0.15) is 71.1 Å². The molecule has 0 amide bonds. The van der Waals surface area contributed by atoms with Crippen molar-refractivity contribution in [3.8, 4) is 0 Å². The molecule has 0 heterocycles. The minimum Gasteiger partial charge on any atom is -0.480 e. The SMILES string of the molecule is CCCCCCCCCCCC(=O)OCC(N)C(=O)O.Cl. The molecule has 0 radical (unpaired) electrons. The molecule has 1 unspecified atom stereocenters. The highest BCUT2D eigenvalue weighted by Crippen LogP contribution is 2.10. The quantitative estimate of drug-likeness (QED) is 0.401. The third-order valence-electron chi connectivity index (χ3n) is 3.23. The molecular formula is C15H30ClNO4. The van der Waals surface area contributed by atoms with Crippen molar-refractivity contribution in [3.63, 3.8) is 0 Å². The van der Waals surface area contributed by atoms with E-state index in [1.54, 1.807) is 0 Å². The fourth-order valence-electron chi connectivity index (χ4n) is 1.91. The smallest absolute Gasteiger partial charge is 0.324 e. The molecular weight excluding hydrogens is 294 g/mol. The molecule has 0 aromatic heterocycles. The van der Waals surface area contributed by atoms with Crippen LogP contribution in [0.4, 0.5) is 0 Å². The highest BCUT2D eigenvalue weighted by atomic mass is 35.5. The molecule has 21 heavy (non-hydrogen) atoms. The summed E-state index contributed by atoms with van der Waals surface area (Å²) in [4.78, 5) is 21.7. The van der Waals surface area contributed by atoms with Gasteiger partial charge in [0.15, 0.2) is 0 Å². The zero-order chi connectivity index (χ0) is 15.2. The summed E-state index contributed by atoms with van der Waals surface area (Å²) in [5, 5.41) is 8.53. The van der Waals surface area contributed by atoms with Crippen molar-refractivity contribution in [1.82, 2.24) is 0 Å². The first-order valence-corrected chi connectivity index (χ1v) is 7.72. The number of halogens is 1. The second kappa shape index (κ2) is 15.6. The Kier molecular flexibility index (Phi) is 16.7. The van der Waals surface area contributed by atoms with Crippen LogP contribution in [0.15, 0.2) is 0 Å². The van der Waals surface area contributed by atoms with Crippen molar-refractivity contribution >= 4 is 24.3 Å². The lowest BCUT2D eigenvalue weighted by atomic mass is 10.1. The van der Waals surface area contributed by atoms with Crippen LogP contribution in [-0.4, -0.2) is 29.7 Å². The maximum absolute atomic E-state index is 11.3. The number of hydrogen-bond donors (Lipinski definition) is 2. The molecule has 0 saturated heterocycles. The topological polar surface area (TPSA) is 89.6 Å². The van der Waals surface area contributed by atoms with Gasteiger partial charge < -0.3 is 15.6 Å². The van der Waals surface area contributed by atoms with Crippen LogP contribution in [0, 0.1) is 0 Å². The van der Waals surface area contributed by atoms with Gasteiger partial charge in [0.25, 0.3) is 0 Å². The van der Waals surface area contributed by atoms with Gasteiger partial charge in [-0.3, -0.25) is 9.59 Å². The lowest BCUT2D eigenvalue weighted by Gasteiger charge is -2.07. The Labute approximate surface area is 134 Å². The molecule has 6 heteroatoms. The largest absolute Gasteiger partial charge is 0.480 e. The molecule has 0 aromatic carbocycles. The predicted molar refractivity (Wildman–Crippen MR) is 85.7 cm³/mol. The molecule has 1 atom stereocenters. The standard InChI is InChI=1S/C15H29NO4.ClH/c1-2-3-4-5-6-7-8-9-10-11-14(17)20-12-13(16)15(18)19;/h13H,2-12,16H2,1H3,(H,18,19);1H. The maximum Gasteiger partial charge on any atom is 0.324 e. The number of unbranched alkanes of at least 4 members (excludes halogenated alkanes) is 8. The van der Waals surface area contributed by atoms with Gasteiger partial charge in [-0.25, -0.2) is 0 Å². The third kappa shape index (κ3) is 15.4. The number of hydrogen-bond acceptors (Lipinski definition) is 4. The minimum atomic E-state index is -1.15. The Morgan fingerprint density at radius 3 is 1.95 bits per heavy atom. The van der Waals surface area contributed by atoms with Gasteiger partial charge in [0, 0.05) is 6.42 Å². The second-order valence-electron chi connectivity index (χ2n) is 5.21. The van der Waals surface area contributed by atoms with Crippen LogP contribution in [-0.2, 0) is 14.3 Å². The Hall–Kier alpha value is -0.810. The number of nitrogens with two attached hydrogens (primary N) is 1. The van der Waals surface area contributed by atoms with E-state index in [4.69, 9.17) is 15.6 Å². The molecule has 0 rings (SSSR count). The summed E-state index contributed by atoms with van der Waals surface area (Å²) in [6.07, 6.45) is 11.0. The summed E-state index contributed by atoms with van der Waals surface area (Å²) in [6, 6.07) is -1.12. The molecule has 5 nitrogen and oxygen atoms in total. The normalized spacial score (nSPS) is 11.5. The van der Waals surface area contributed by atoms with Crippen LogP contribution in [0.2, 0.25) is 0 Å². The fraction of sp³-hybridized carbons (Fsp3) is 0.867. The molecule has 0 saturated carbocycles. The van der Waals surface area contributed by atoms with Gasteiger partial charge >= 0.3 is 11.9 Å². The van der Waals surface area contributed by atoms with E-state index < -0.39 is 12.0 Å². The van der Waals surface area contributed by atoms with Crippen LogP contribution >= 0.6 is 12.4 Å². The number of esters is 1. The third-order valence-corrected chi connectivity index (χ3v) is 3.23. The Morgan fingerprint density at radius 2 is 1.48 bits per heavy atom. The van der Waals surface area contributed by atoms with Gasteiger partial charge in [-0.15, -0.1) is 12.4 Å². The lowest BCUT2D eigenvalue weighted by Crippen LogP contribution is -2.35. The van der Waals surface area contributed by atoms with E-state index in [-0.39, 0.29) is 25.0 Å². The molecule has 0 aliphatic rings. The van der Waals surface area contributed by atoms with Crippen molar-refractivity contribution in [1.29, 1.82) is 0 Å². The van der Waals surface area contributed by atoms with Crippen molar-refractivity contribution in [3.05, 3.63) is 0 Å². The number of carboxylic acids is 1. The van der Waals surface area contributed by atoms with Crippen molar-refractivity contribution in [2.45, 2.75) is 77.2 Å². The van der Waals surface area contributed by atoms with Gasteiger partial charge in [0.2, 0.25) is 0 Å². The average molecular weight is 324 g/mol. The fourth-order valence-corrected chi connectivity index (χ4v) is 1.91. The summed E-state index contributed by atoms with van der Waals surface area (Å²) < 4.78 is 4.79. The van der Waals surface area contributed by atoms with Crippen LogP contribution in [0.3, 0.4) is 0 Å². The number of carbonyl (C=O) groups excluding carboxylic acids is 1. The number of rotatable bonds is 13. The highest BCUT2D eigenvalue weighted by Gasteiger charge is 2.13. The molecule has 0 aliphatic heterocycles. The van der Waals surface area contributed by atoms with E-state index in [0.29, 0.717) is 6.42 Å². The number of ether oxygens (including phenoxy) is 1. The Morgan fingerprint density at radius 1 is 1.00 bits per heavy atom. The van der Waals surface area contributed by atoms with Crippen LogP contribution in [0.25, 0.3) is 0 Å². The van der Waals surface area contributed by atoms with Gasteiger partial charge in [-0.2, -0.15) is 0 Å². The second-order valence-corrected chi connectivity index (χ2v) is 5.21.